The molecule has 1 aliphatic heterocycles. The summed E-state index contributed by atoms with van der Waals surface area (Å²) in [6, 6.07) is 0.178. The van der Waals surface area contributed by atoms with E-state index >= 15 is 0 Å². The molecule has 0 radical (unpaired) electrons. The van der Waals surface area contributed by atoms with Gasteiger partial charge in [0.15, 0.2) is 0 Å². The highest BCUT2D eigenvalue weighted by atomic mass is 32.2. The van der Waals surface area contributed by atoms with Crippen molar-refractivity contribution in [1.29, 1.82) is 0 Å². The highest BCUT2D eigenvalue weighted by molar-refractivity contribution is 8.07. The van der Waals surface area contributed by atoms with Crippen LogP contribution in [0.15, 0.2) is 0 Å². The third-order valence-electron chi connectivity index (χ3n) is 2.40. The first kappa shape index (κ1) is 11.3. The molecule has 1 fully saturated rings. The van der Waals surface area contributed by atoms with Crippen molar-refractivity contribution >= 4 is 23.5 Å². The lowest BCUT2D eigenvalue weighted by atomic mass is 10.2. The molecule has 2 N–H and O–H groups in total. The van der Waals surface area contributed by atoms with Gasteiger partial charge in [0.25, 0.3) is 0 Å². The second-order valence-electron chi connectivity index (χ2n) is 3.49. The Balaban J connectivity index is 2.41. The largest absolute Gasteiger partial charge is 0.326 e. The minimum absolute atomic E-state index is 0.178. The van der Waals surface area contributed by atoms with Crippen molar-refractivity contribution in [2.45, 2.75) is 42.1 Å². The van der Waals surface area contributed by atoms with E-state index in [4.69, 9.17) is 12.2 Å². The number of thioether (sulfide) groups is 2. The van der Waals surface area contributed by atoms with Crippen LogP contribution < -0.4 is 5.73 Å². The maximum absolute atomic E-state index is 5.99. The Morgan fingerprint density at radius 3 is 2.77 bits per heavy atom. The summed E-state index contributed by atoms with van der Waals surface area (Å²) in [7, 11) is 0. The fraction of sp³-hybridized carbons (Fsp3) is 0.800. The first-order valence-electron chi connectivity index (χ1n) is 4.61. The van der Waals surface area contributed by atoms with Gasteiger partial charge in [0.1, 0.15) is 0 Å². The minimum Gasteiger partial charge on any atom is -0.326 e. The van der Waals surface area contributed by atoms with Gasteiger partial charge in [-0.2, -0.15) is 23.5 Å². The summed E-state index contributed by atoms with van der Waals surface area (Å²) in [5, 5.41) is 2.00. The Morgan fingerprint density at radius 2 is 2.23 bits per heavy atom. The van der Waals surface area contributed by atoms with Gasteiger partial charge in [-0.3, -0.25) is 0 Å². The fourth-order valence-electron chi connectivity index (χ4n) is 1.30. The molecule has 0 amide bonds. The highest BCUT2D eigenvalue weighted by Crippen LogP contribution is 2.36. The van der Waals surface area contributed by atoms with Crippen LogP contribution in [0, 0.1) is 12.3 Å². The lowest BCUT2D eigenvalue weighted by Crippen LogP contribution is -2.39. The van der Waals surface area contributed by atoms with E-state index in [-0.39, 0.29) is 6.04 Å². The number of hydrogen-bond acceptors (Lipinski definition) is 3. The summed E-state index contributed by atoms with van der Waals surface area (Å²) >= 11 is 4.02. The predicted molar refractivity (Wildman–Crippen MR) is 64.2 cm³/mol. The molecule has 0 bridgehead atoms. The summed E-state index contributed by atoms with van der Waals surface area (Å²) < 4.78 is 0. The van der Waals surface area contributed by atoms with Gasteiger partial charge >= 0.3 is 0 Å². The maximum Gasteiger partial charge on any atom is 0.0302 e. The predicted octanol–water partition coefficient (Wildman–Crippen LogP) is 1.96. The van der Waals surface area contributed by atoms with Crippen LogP contribution in [0.3, 0.4) is 0 Å². The summed E-state index contributed by atoms with van der Waals surface area (Å²) in [5.74, 6) is 3.80. The van der Waals surface area contributed by atoms with Gasteiger partial charge < -0.3 is 5.73 Å². The first-order chi connectivity index (χ1) is 6.15. The van der Waals surface area contributed by atoms with E-state index in [0.29, 0.717) is 16.9 Å². The van der Waals surface area contributed by atoms with E-state index in [1.165, 1.54) is 0 Å². The third kappa shape index (κ3) is 3.12. The van der Waals surface area contributed by atoms with Gasteiger partial charge in [0.05, 0.1) is 0 Å². The first-order valence-corrected chi connectivity index (χ1v) is 6.60. The lowest BCUT2D eigenvalue weighted by Gasteiger charge is -2.33. The molecule has 0 spiro atoms. The van der Waals surface area contributed by atoms with Gasteiger partial charge in [-0.1, -0.05) is 13.8 Å². The van der Waals surface area contributed by atoms with Gasteiger partial charge in [0, 0.05) is 34.0 Å². The average molecular weight is 215 g/mol. The van der Waals surface area contributed by atoms with Crippen molar-refractivity contribution < 1.29 is 0 Å². The van der Waals surface area contributed by atoms with Crippen molar-refractivity contribution in [2.75, 3.05) is 5.75 Å². The van der Waals surface area contributed by atoms with Crippen LogP contribution >= 0.6 is 23.5 Å². The zero-order chi connectivity index (χ0) is 9.84. The van der Waals surface area contributed by atoms with Crippen molar-refractivity contribution in [1.82, 2.24) is 0 Å². The summed E-state index contributed by atoms with van der Waals surface area (Å²) in [6.45, 7) is 4.56. The topological polar surface area (TPSA) is 26.0 Å². The summed E-state index contributed by atoms with van der Waals surface area (Å²) in [4.78, 5) is 0. The molecule has 3 heteroatoms. The van der Waals surface area contributed by atoms with Crippen molar-refractivity contribution in [3.8, 4) is 12.3 Å². The van der Waals surface area contributed by atoms with Crippen LogP contribution in [-0.2, 0) is 0 Å². The second-order valence-corrected chi connectivity index (χ2v) is 6.52. The molecular formula is C10H17NS2. The Labute approximate surface area is 89.6 Å². The quantitative estimate of drug-likeness (QED) is 0.713. The Bertz CT molecular complexity index is 200. The number of nitrogens with two attached hydrogens (primary N) is 1. The zero-order valence-electron chi connectivity index (χ0n) is 8.19. The molecule has 1 heterocycles. The van der Waals surface area contributed by atoms with Crippen LogP contribution in [0.25, 0.3) is 0 Å². The van der Waals surface area contributed by atoms with Crippen molar-refractivity contribution in [3.05, 3.63) is 0 Å². The molecule has 74 valence electrons. The number of hydrogen-bond donors (Lipinski definition) is 1. The van der Waals surface area contributed by atoms with E-state index in [1.54, 1.807) is 0 Å². The maximum atomic E-state index is 5.99. The van der Waals surface area contributed by atoms with Crippen LogP contribution in [0.2, 0.25) is 0 Å². The molecule has 0 aromatic rings. The van der Waals surface area contributed by atoms with E-state index in [0.717, 1.165) is 11.0 Å². The number of rotatable bonds is 2. The smallest absolute Gasteiger partial charge is 0.0302 e. The molecule has 4 unspecified atom stereocenters. The molecule has 1 nitrogen and oxygen atoms in total. The second kappa shape index (κ2) is 5.19. The molecule has 0 aromatic carbocycles. The lowest BCUT2D eigenvalue weighted by molar-refractivity contribution is 0.679. The van der Waals surface area contributed by atoms with E-state index in [9.17, 15) is 0 Å². The molecular weight excluding hydrogens is 198 g/mol. The molecule has 0 aromatic heterocycles. The average Bonchev–Trinajstić information content (AvgIpc) is 2.10. The van der Waals surface area contributed by atoms with Gasteiger partial charge in [0.2, 0.25) is 0 Å². The Hall–Kier alpha value is 0.220. The molecule has 1 rings (SSSR count). The van der Waals surface area contributed by atoms with E-state index in [1.807, 2.05) is 23.5 Å². The molecule has 1 saturated heterocycles. The summed E-state index contributed by atoms with van der Waals surface area (Å²) in [6.07, 6.45) is 5.96. The molecule has 0 aliphatic carbocycles. The van der Waals surface area contributed by atoms with Gasteiger partial charge in [-0.05, 0) is 0 Å². The van der Waals surface area contributed by atoms with Crippen LogP contribution in [0.1, 0.15) is 20.3 Å². The molecule has 4 atom stereocenters. The molecule has 13 heavy (non-hydrogen) atoms. The number of terminal acetylenes is 1. The monoisotopic (exact) mass is 215 g/mol. The van der Waals surface area contributed by atoms with Crippen LogP contribution in [0.4, 0.5) is 0 Å². The standard InChI is InChI=1S/C10H17NS2/c1-4-5-9(11)10-6-12-7(2)8(3)13-10/h1,7-10H,5-6,11H2,2-3H3. The SMILES string of the molecule is C#CCC(N)C1CSC(C)C(C)S1. The van der Waals surface area contributed by atoms with Crippen LogP contribution in [0.5, 0.6) is 0 Å². The fourth-order valence-corrected chi connectivity index (χ4v) is 4.36. The van der Waals surface area contributed by atoms with Crippen LogP contribution in [-0.4, -0.2) is 27.5 Å². The zero-order valence-corrected chi connectivity index (χ0v) is 9.83. The van der Waals surface area contributed by atoms with Crippen molar-refractivity contribution in [2.24, 2.45) is 5.73 Å². The van der Waals surface area contributed by atoms with Gasteiger partial charge in [-0.25, -0.2) is 0 Å². The highest BCUT2D eigenvalue weighted by Gasteiger charge is 2.28. The normalized spacial score (nSPS) is 36.6. The summed E-state index contributed by atoms with van der Waals surface area (Å²) in [5.41, 5.74) is 5.99. The molecule has 1 aliphatic rings. The van der Waals surface area contributed by atoms with E-state index in [2.05, 4.69) is 19.8 Å². The Morgan fingerprint density at radius 1 is 1.54 bits per heavy atom. The van der Waals surface area contributed by atoms with Gasteiger partial charge in [-0.15, -0.1) is 12.3 Å². The third-order valence-corrected chi connectivity index (χ3v) is 5.98. The Kier molecular flexibility index (Phi) is 4.51. The van der Waals surface area contributed by atoms with E-state index < -0.39 is 0 Å². The van der Waals surface area contributed by atoms with Crippen molar-refractivity contribution in [3.63, 3.8) is 0 Å². The molecule has 0 saturated carbocycles. The minimum atomic E-state index is 0.178.